The minimum atomic E-state index is -0.463. The Morgan fingerprint density at radius 2 is 2.06 bits per heavy atom. The number of nitrogens with zero attached hydrogens (tertiary/aromatic N) is 1. The average Bonchev–Trinajstić information content (AvgIpc) is 2.23. The van der Waals surface area contributed by atoms with Crippen molar-refractivity contribution >= 4 is 11.5 Å². The minimum Gasteiger partial charge on any atom is -0.294 e. The first-order chi connectivity index (χ1) is 7.42. The van der Waals surface area contributed by atoms with Gasteiger partial charge >= 0.3 is 0 Å². The van der Waals surface area contributed by atoms with Crippen LogP contribution in [0.3, 0.4) is 0 Å². The fourth-order valence-electron chi connectivity index (χ4n) is 2.03. The van der Waals surface area contributed by atoms with E-state index in [0.717, 1.165) is 18.4 Å². The van der Waals surface area contributed by atoms with E-state index < -0.39 is 10.3 Å². The summed E-state index contributed by atoms with van der Waals surface area (Å²) in [6.07, 6.45) is 1.61. The Bertz CT molecular complexity index is 477. The van der Waals surface area contributed by atoms with Crippen LogP contribution in [0.25, 0.3) is 0 Å². The molecule has 0 heterocycles. The molecule has 0 amide bonds. The molecule has 1 aliphatic rings. The van der Waals surface area contributed by atoms with Gasteiger partial charge in [0.05, 0.1) is 4.92 Å². The van der Waals surface area contributed by atoms with Crippen molar-refractivity contribution in [2.75, 3.05) is 0 Å². The molecule has 0 aromatic heterocycles. The van der Waals surface area contributed by atoms with Gasteiger partial charge in [-0.05, 0) is 18.4 Å². The largest absolute Gasteiger partial charge is 0.294 e. The second-order valence-electron chi connectivity index (χ2n) is 4.81. The number of rotatable bonds is 1. The summed E-state index contributed by atoms with van der Waals surface area (Å²) in [7, 11) is 0. The summed E-state index contributed by atoms with van der Waals surface area (Å²) in [6, 6.07) is 4.56. The Morgan fingerprint density at radius 3 is 2.69 bits per heavy atom. The number of aryl methyl sites for hydroxylation is 1. The summed E-state index contributed by atoms with van der Waals surface area (Å²) in [6.45, 7) is 3.77. The van der Waals surface area contributed by atoms with E-state index in [9.17, 15) is 14.9 Å². The van der Waals surface area contributed by atoms with Crippen molar-refractivity contribution in [3.63, 3.8) is 0 Å². The van der Waals surface area contributed by atoms with Crippen molar-refractivity contribution in [3.05, 3.63) is 39.4 Å². The first-order valence-electron chi connectivity index (χ1n) is 5.24. The van der Waals surface area contributed by atoms with E-state index in [2.05, 4.69) is 0 Å². The lowest BCUT2D eigenvalue weighted by Crippen LogP contribution is -2.30. The lowest BCUT2D eigenvalue weighted by atomic mass is 9.73. The molecule has 1 aliphatic carbocycles. The highest BCUT2D eigenvalue weighted by Crippen LogP contribution is 2.35. The lowest BCUT2D eigenvalue weighted by Gasteiger charge is -2.29. The Balaban J connectivity index is 2.53. The fraction of sp³-hybridized carbons (Fsp3) is 0.417. The molecule has 1 aromatic carbocycles. The third-order valence-corrected chi connectivity index (χ3v) is 3.18. The third-order valence-electron chi connectivity index (χ3n) is 3.18. The van der Waals surface area contributed by atoms with Crippen molar-refractivity contribution < 1.29 is 9.72 Å². The second-order valence-corrected chi connectivity index (χ2v) is 4.81. The van der Waals surface area contributed by atoms with Crippen molar-refractivity contribution in [3.8, 4) is 0 Å². The number of carbonyl (C=O) groups excluding carboxylic acids is 1. The zero-order valence-electron chi connectivity index (χ0n) is 9.32. The van der Waals surface area contributed by atoms with Crippen LogP contribution in [0, 0.1) is 15.5 Å². The first kappa shape index (κ1) is 10.8. The number of ketones is 1. The number of carbonyl (C=O) groups is 1. The number of hydrogen-bond acceptors (Lipinski definition) is 3. The van der Waals surface area contributed by atoms with Crippen molar-refractivity contribution in [1.29, 1.82) is 0 Å². The standard InChI is InChI=1S/C12H13NO3/c1-12(2)6-5-8-3-4-9(13(15)16)7-10(8)11(12)14/h3-4,7H,5-6H2,1-2H3. The van der Waals surface area contributed by atoms with E-state index in [0.29, 0.717) is 5.56 Å². The molecule has 0 radical (unpaired) electrons. The maximum Gasteiger partial charge on any atom is 0.270 e. The van der Waals surface area contributed by atoms with E-state index in [1.807, 2.05) is 13.8 Å². The molecule has 84 valence electrons. The lowest BCUT2D eigenvalue weighted by molar-refractivity contribution is -0.384. The molecule has 4 heteroatoms. The van der Waals surface area contributed by atoms with Gasteiger partial charge in [0, 0.05) is 23.1 Å². The van der Waals surface area contributed by atoms with Gasteiger partial charge in [0.2, 0.25) is 0 Å². The summed E-state index contributed by atoms with van der Waals surface area (Å²) in [5.74, 6) is 0.0115. The highest BCUT2D eigenvalue weighted by Gasteiger charge is 2.34. The molecule has 0 aliphatic heterocycles. The van der Waals surface area contributed by atoms with Crippen molar-refractivity contribution in [2.45, 2.75) is 26.7 Å². The smallest absolute Gasteiger partial charge is 0.270 e. The van der Waals surface area contributed by atoms with Gasteiger partial charge in [-0.2, -0.15) is 0 Å². The van der Waals surface area contributed by atoms with Crippen LogP contribution in [0.15, 0.2) is 18.2 Å². The molecule has 0 bridgehead atoms. The number of fused-ring (bicyclic) bond motifs is 1. The van der Waals surface area contributed by atoms with Gasteiger partial charge < -0.3 is 0 Å². The van der Waals surface area contributed by atoms with E-state index in [-0.39, 0.29) is 11.5 Å². The molecule has 0 fully saturated rings. The number of nitro benzene ring substituents is 1. The van der Waals surface area contributed by atoms with Crippen LogP contribution in [0.4, 0.5) is 5.69 Å². The Hall–Kier alpha value is -1.71. The first-order valence-corrected chi connectivity index (χ1v) is 5.24. The van der Waals surface area contributed by atoms with E-state index >= 15 is 0 Å². The summed E-state index contributed by atoms with van der Waals surface area (Å²) in [4.78, 5) is 22.3. The monoisotopic (exact) mass is 219 g/mol. The van der Waals surface area contributed by atoms with E-state index in [1.54, 1.807) is 6.07 Å². The summed E-state index contributed by atoms with van der Waals surface area (Å²) >= 11 is 0. The molecule has 2 rings (SSSR count). The molecule has 0 N–H and O–H groups in total. The Kier molecular flexibility index (Phi) is 2.30. The summed E-state index contributed by atoms with van der Waals surface area (Å²) < 4.78 is 0. The molecule has 1 aromatic rings. The Morgan fingerprint density at radius 1 is 1.38 bits per heavy atom. The van der Waals surface area contributed by atoms with Gasteiger partial charge in [0.1, 0.15) is 0 Å². The molecule has 0 saturated carbocycles. The minimum absolute atomic E-state index is 0.00944. The van der Waals surface area contributed by atoms with Gasteiger partial charge in [0.25, 0.3) is 5.69 Å². The van der Waals surface area contributed by atoms with Gasteiger partial charge in [-0.15, -0.1) is 0 Å². The number of Topliss-reactive ketones (excluding diaryl/α,β-unsaturated/α-hetero) is 1. The van der Waals surface area contributed by atoms with Crippen LogP contribution in [-0.2, 0) is 6.42 Å². The van der Waals surface area contributed by atoms with Crippen LogP contribution >= 0.6 is 0 Å². The zero-order valence-corrected chi connectivity index (χ0v) is 9.32. The van der Waals surface area contributed by atoms with Gasteiger partial charge in [-0.25, -0.2) is 0 Å². The highest BCUT2D eigenvalue weighted by molar-refractivity contribution is 6.02. The fourth-order valence-corrected chi connectivity index (χ4v) is 2.03. The molecular formula is C12H13NO3. The Labute approximate surface area is 93.4 Å². The van der Waals surface area contributed by atoms with Gasteiger partial charge in [-0.3, -0.25) is 14.9 Å². The molecular weight excluding hydrogens is 206 g/mol. The molecule has 0 unspecified atom stereocenters. The summed E-state index contributed by atoms with van der Waals surface area (Å²) in [5, 5.41) is 10.6. The predicted octanol–water partition coefficient (Wildman–Crippen LogP) is 2.75. The van der Waals surface area contributed by atoms with Crippen LogP contribution in [-0.4, -0.2) is 10.7 Å². The SMILES string of the molecule is CC1(C)CCc2ccc([N+](=O)[O-])cc2C1=O. The van der Waals surface area contributed by atoms with Crippen molar-refractivity contribution in [2.24, 2.45) is 5.41 Å². The number of nitro groups is 1. The topological polar surface area (TPSA) is 60.2 Å². The van der Waals surface area contributed by atoms with Gasteiger partial charge in [-0.1, -0.05) is 19.9 Å². The van der Waals surface area contributed by atoms with Crippen LogP contribution in [0.1, 0.15) is 36.2 Å². The van der Waals surface area contributed by atoms with Crippen LogP contribution in [0.5, 0.6) is 0 Å². The summed E-state index contributed by atoms with van der Waals surface area (Å²) in [5.41, 5.74) is 1.03. The predicted molar refractivity (Wildman–Crippen MR) is 59.5 cm³/mol. The molecule has 4 nitrogen and oxygen atoms in total. The quantitative estimate of drug-likeness (QED) is 0.539. The van der Waals surface area contributed by atoms with E-state index in [4.69, 9.17) is 0 Å². The number of hydrogen-bond donors (Lipinski definition) is 0. The maximum absolute atomic E-state index is 12.1. The normalized spacial score (nSPS) is 18.0. The number of benzene rings is 1. The average molecular weight is 219 g/mol. The highest BCUT2D eigenvalue weighted by atomic mass is 16.6. The third kappa shape index (κ3) is 1.60. The molecule has 0 atom stereocenters. The van der Waals surface area contributed by atoms with Crippen molar-refractivity contribution in [1.82, 2.24) is 0 Å². The zero-order chi connectivity index (χ0) is 11.9. The van der Waals surface area contributed by atoms with Crippen LogP contribution in [0.2, 0.25) is 0 Å². The van der Waals surface area contributed by atoms with E-state index in [1.165, 1.54) is 12.1 Å². The second kappa shape index (κ2) is 3.40. The van der Waals surface area contributed by atoms with Crippen LogP contribution < -0.4 is 0 Å². The van der Waals surface area contributed by atoms with Gasteiger partial charge in [0.15, 0.2) is 5.78 Å². The number of non-ortho nitro benzene ring substituents is 1. The molecule has 0 spiro atoms. The maximum atomic E-state index is 12.1. The molecule has 16 heavy (non-hydrogen) atoms. The molecule has 0 saturated heterocycles.